The largest absolute Gasteiger partial charge is 0.398 e. The molecule has 0 bridgehead atoms. The van der Waals surface area contributed by atoms with E-state index >= 15 is 0 Å². The van der Waals surface area contributed by atoms with Crippen molar-refractivity contribution in [1.82, 2.24) is 0 Å². The molecule has 1 unspecified atom stereocenters. The van der Waals surface area contributed by atoms with Crippen LogP contribution in [0.2, 0.25) is 0 Å². The molecule has 0 amide bonds. The van der Waals surface area contributed by atoms with Crippen molar-refractivity contribution in [2.24, 2.45) is 0 Å². The molecule has 1 nitrogen and oxygen atoms in total. The predicted molar refractivity (Wildman–Crippen MR) is 67.1 cm³/mol. The summed E-state index contributed by atoms with van der Waals surface area (Å²) < 4.78 is 0. The summed E-state index contributed by atoms with van der Waals surface area (Å²) in [5.74, 6) is 0.537. The first-order chi connectivity index (χ1) is 7.22. The van der Waals surface area contributed by atoms with Crippen LogP contribution < -0.4 is 5.73 Å². The van der Waals surface area contributed by atoms with Crippen LogP contribution in [-0.4, -0.2) is 0 Å². The van der Waals surface area contributed by atoms with Crippen molar-refractivity contribution >= 4 is 16.5 Å². The molecule has 0 saturated carbocycles. The highest BCUT2D eigenvalue weighted by atomic mass is 14.6. The second kappa shape index (κ2) is 3.93. The maximum Gasteiger partial charge on any atom is 0.0355 e. The number of hydrogen-bond acceptors (Lipinski definition) is 1. The van der Waals surface area contributed by atoms with E-state index in [-0.39, 0.29) is 0 Å². The Kier molecular flexibility index (Phi) is 2.63. The van der Waals surface area contributed by atoms with Crippen LogP contribution >= 0.6 is 0 Å². The number of anilines is 1. The normalized spacial score (nSPS) is 12.9. The highest BCUT2D eigenvalue weighted by Crippen LogP contribution is 2.29. The van der Waals surface area contributed by atoms with Gasteiger partial charge in [0.15, 0.2) is 0 Å². The number of benzene rings is 2. The molecule has 0 heterocycles. The Balaban J connectivity index is 2.61. The zero-order valence-corrected chi connectivity index (χ0v) is 9.33. The van der Waals surface area contributed by atoms with Gasteiger partial charge in [0.05, 0.1) is 0 Å². The average Bonchev–Trinajstić information content (AvgIpc) is 2.27. The zero-order valence-electron chi connectivity index (χ0n) is 9.33. The van der Waals surface area contributed by atoms with E-state index in [0.717, 1.165) is 12.1 Å². The van der Waals surface area contributed by atoms with Crippen LogP contribution in [0, 0.1) is 0 Å². The summed E-state index contributed by atoms with van der Waals surface area (Å²) in [6.45, 7) is 4.42. The van der Waals surface area contributed by atoms with E-state index in [1.807, 2.05) is 6.07 Å². The molecule has 1 atom stereocenters. The molecular formula is C14H17N. The van der Waals surface area contributed by atoms with Crippen molar-refractivity contribution in [3.63, 3.8) is 0 Å². The molecule has 0 spiro atoms. The molecular weight excluding hydrogens is 182 g/mol. The molecule has 1 heteroatoms. The lowest BCUT2D eigenvalue weighted by atomic mass is 9.94. The molecule has 0 aliphatic heterocycles. The minimum atomic E-state index is 0.537. The topological polar surface area (TPSA) is 26.0 Å². The molecule has 0 saturated heterocycles. The Morgan fingerprint density at radius 3 is 2.33 bits per heavy atom. The van der Waals surface area contributed by atoms with Crippen molar-refractivity contribution in [3.8, 4) is 0 Å². The molecule has 15 heavy (non-hydrogen) atoms. The monoisotopic (exact) mass is 199 g/mol. The Labute approximate surface area is 90.9 Å². The van der Waals surface area contributed by atoms with Crippen LogP contribution in [0.15, 0.2) is 36.4 Å². The highest BCUT2D eigenvalue weighted by Gasteiger charge is 2.07. The van der Waals surface area contributed by atoms with Gasteiger partial charge in [-0.25, -0.2) is 0 Å². The molecule has 0 fully saturated rings. The summed E-state index contributed by atoms with van der Waals surface area (Å²) >= 11 is 0. The van der Waals surface area contributed by atoms with Crippen LogP contribution in [-0.2, 0) is 0 Å². The van der Waals surface area contributed by atoms with Gasteiger partial charge in [-0.05, 0) is 40.8 Å². The lowest BCUT2D eigenvalue weighted by Gasteiger charge is -2.13. The number of nitrogens with two attached hydrogens (primary N) is 1. The second-order valence-corrected chi connectivity index (χ2v) is 4.14. The van der Waals surface area contributed by atoms with Gasteiger partial charge in [-0.1, -0.05) is 38.1 Å². The van der Waals surface area contributed by atoms with Crippen LogP contribution in [0.5, 0.6) is 0 Å². The first kappa shape index (κ1) is 10.0. The van der Waals surface area contributed by atoms with Crippen LogP contribution in [0.1, 0.15) is 31.7 Å². The van der Waals surface area contributed by atoms with Crippen molar-refractivity contribution < 1.29 is 0 Å². The molecule has 2 aromatic rings. The minimum Gasteiger partial charge on any atom is -0.398 e. The lowest BCUT2D eigenvalue weighted by molar-refractivity contribution is 0.737. The van der Waals surface area contributed by atoms with Crippen LogP contribution in [0.25, 0.3) is 10.8 Å². The lowest BCUT2D eigenvalue weighted by Crippen LogP contribution is -1.98. The quantitative estimate of drug-likeness (QED) is 0.728. The van der Waals surface area contributed by atoms with E-state index in [1.165, 1.54) is 16.3 Å². The van der Waals surface area contributed by atoms with Crippen molar-refractivity contribution in [2.75, 3.05) is 5.73 Å². The van der Waals surface area contributed by atoms with Gasteiger partial charge in [0.25, 0.3) is 0 Å². The van der Waals surface area contributed by atoms with Gasteiger partial charge >= 0.3 is 0 Å². The standard InChI is InChI=1S/C14H17N/c1-3-10(2)13-8-11-6-4-5-7-12(11)9-14(13)15/h4-10H,3,15H2,1-2H3. The fourth-order valence-corrected chi connectivity index (χ4v) is 1.92. The zero-order chi connectivity index (χ0) is 10.8. The maximum atomic E-state index is 6.06. The Hall–Kier alpha value is -1.50. The fraction of sp³-hybridized carbons (Fsp3) is 0.286. The van der Waals surface area contributed by atoms with Gasteiger partial charge in [-0.15, -0.1) is 0 Å². The number of rotatable bonds is 2. The average molecular weight is 199 g/mol. The van der Waals surface area contributed by atoms with Gasteiger partial charge < -0.3 is 5.73 Å². The molecule has 2 rings (SSSR count). The summed E-state index contributed by atoms with van der Waals surface area (Å²) in [7, 11) is 0. The fourth-order valence-electron chi connectivity index (χ4n) is 1.92. The number of hydrogen-bond donors (Lipinski definition) is 1. The summed E-state index contributed by atoms with van der Waals surface area (Å²) in [5.41, 5.74) is 8.26. The van der Waals surface area contributed by atoms with Gasteiger partial charge in [0.2, 0.25) is 0 Å². The highest BCUT2D eigenvalue weighted by molar-refractivity contribution is 5.87. The maximum absolute atomic E-state index is 6.06. The van der Waals surface area contributed by atoms with Crippen molar-refractivity contribution in [3.05, 3.63) is 42.0 Å². The summed E-state index contributed by atoms with van der Waals surface area (Å²) in [5, 5.41) is 2.50. The molecule has 2 aromatic carbocycles. The molecule has 78 valence electrons. The third-order valence-corrected chi connectivity index (χ3v) is 3.09. The number of nitrogen functional groups attached to an aromatic ring is 1. The first-order valence-corrected chi connectivity index (χ1v) is 5.50. The smallest absolute Gasteiger partial charge is 0.0355 e. The molecule has 0 aliphatic rings. The van der Waals surface area contributed by atoms with Crippen molar-refractivity contribution in [2.45, 2.75) is 26.2 Å². The minimum absolute atomic E-state index is 0.537. The summed E-state index contributed by atoms with van der Waals surface area (Å²) in [6.07, 6.45) is 1.13. The van der Waals surface area contributed by atoms with E-state index in [9.17, 15) is 0 Å². The molecule has 2 N–H and O–H groups in total. The van der Waals surface area contributed by atoms with E-state index in [1.54, 1.807) is 0 Å². The van der Waals surface area contributed by atoms with Gasteiger partial charge in [-0.3, -0.25) is 0 Å². The number of fused-ring (bicyclic) bond motifs is 1. The Morgan fingerprint density at radius 2 is 1.73 bits per heavy atom. The summed E-state index contributed by atoms with van der Waals surface area (Å²) in [6, 6.07) is 12.7. The van der Waals surface area contributed by atoms with E-state index < -0.39 is 0 Å². The summed E-state index contributed by atoms with van der Waals surface area (Å²) in [4.78, 5) is 0. The van der Waals surface area contributed by atoms with Crippen LogP contribution in [0.3, 0.4) is 0 Å². The van der Waals surface area contributed by atoms with Crippen molar-refractivity contribution in [1.29, 1.82) is 0 Å². The van der Waals surface area contributed by atoms with Crippen LogP contribution in [0.4, 0.5) is 5.69 Å². The first-order valence-electron chi connectivity index (χ1n) is 5.50. The van der Waals surface area contributed by atoms with Gasteiger partial charge in [-0.2, -0.15) is 0 Å². The van der Waals surface area contributed by atoms with Gasteiger partial charge in [0, 0.05) is 5.69 Å². The molecule has 0 aromatic heterocycles. The van der Waals surface area contributed by atoms with Gasteiger partial charge in [0.1, 0.15) is 0 Å². The molecule has 0 aliphatic carbocycles. The Bertz CT molecular complexity index is 474. The third-order valence-electron chi connectivity index (χ3n) is 3.09. The van der Waals surface area contributed by atoms with E-state index in [2.05, 4.69) is 44.2 Å². The third kappa shape index (κ3) is 1.82. The van der Waals surface area contributed by atoms with E-state index in [4.69, 9.17) is 5.73 Å². The predicted octanol–water partition coefficient (Wildman–Crippen LogP) is 3.94. The Morgan fingerprint density at radius 1 is 1.13 bits per heavy atom. The SMILES string of the molecule is CCC(C)c1cc2ccccc2cc1N. The second-order valence-electron chi connectivity index (χ2n) is 4.14. The molecule has 0 radical (unpaired) electrons. The van der Waals surface area contributed by atoms with E-state index in [0.29, 0.717) is 5.92 Å².